The Morgan fingerprint density at radius 1 is 1.05 bits per heavy atom. The van der Waals surface area contributed by atoms with Crippen LogP contribution in [0.5, 0.6) is 0 Å². The second-order valence-corrected chi connectivity index (χ2v) is 12.9. The molecule has 2 aromatic carbocycles. The maximum absolute atomic E-state index is 13.9. The zero-order valence-electron chi connectivity index (χ0n) is 21.1. The zero-order valence-corrected chi connectivity index (χ0v) is 22.7. The minimum absolute atomic E-state index is 0.0656. The summed E-state index contributed by atoms with van der Waals surface area (Å²) in [6.45, 7) is 0.361. The number of hydrogen-bond donors (Lipinski definition) is 2. The lowest BCUT2D eigenvalue weighted by Crippen LogP contribution is -2.48. The molecule has 0 aliphatic heterocycles. The zero-order chi connectivity index (χ0) is 28.7. The predicted molar refractivity (Wildman–Crippen MR) is 141 cm³/mol. The molecule has 2 N–H and O–H groups in total. The fourth-order valence-electron chi connectivity index (χ4n) is 5.94. The number of pyridine rings is 1. The normalized spacial score (nSPS) is 24.2. The molecule has 0 radical (unpaired) electrons. The number of aliphatic hydroxyl groups is 1. The van der Waals surface area contributed by atoms with Crippen molar-refractivity contribution in [3.05, 3.63) is 88.5 Å². The highest BCUT2D eigenvalue weighted by atomic mass is 35.5. The molecular weight excluding hydrogens is 569 g/mol. The third-order valence-electron chi connectivity index (χ3n) is 7.61. The molecule has 2 saturated carbocycles. The number of anilines is 1. The van der Waals surface area contributed by atoms with Gasteiger partial charge in [-0.25, -0.2) is 21.6 Å². The number of fused-ring (bicyclic) bond motifs is 2. The molecule has 5 rings (SSSR count). The van der Waals surface area contributed by atoms with Crippen molar-refractivity contribution in [1.29, 1.82) is 0 Å². The number of nitrogens with one attached hydrogen (secondary N) is 1. The van der Waals surface area contributed by atoms with Crippen molar-refractivity contribution in [2.24, 2.45) is 11.8 Å². The number of sulfone groups is 1. The molecule has 1 amide bonds. The van der Waals surface area contributed by atoms with Crippen molar-refractivity contribution in [2.75, 3.05) is 11.9 Å². The quantitative estimate of drug-likeness (QED) is 0.342. The maximum Gasteiger partial charge on any atom is 0.255 e. The minimum atomic E-state index is -4.03. The van der Waals surface area contributed by atoms with Crippen LogP contribution in [-0.2, 0) is 21.2 Å². The van der Waals surface area contributed by atoms with Gasteiger partial charge in [0.1, 0.15) is 0 Å². The monoisotopic (exact) mass is 594 g/mol. The summed E-state index contributed by atoms with van der Waals surface area (Å²) in [5.74, 6) is -6.16. The van der Waals surface area contributed by atoms with Gasteiger partial charge in [-0.15, -0.1) is 0 Å². The van der Waals surface area contributed by atoms with Crippen molar-refractivity contribution >= 4 is 33.0 Å². The Hall–Kier alpha value is -2.99. The van der Waals surface area contributed by atoms with Crippen molar-refractivity contribution < 1.29 is 36.2 Å². The van der Waals surface area contributed by atoms with Gasteiger partial charge < -0.3 is 15.2 Å². The summed E-state index contributed by atoms with van der Waals surface area (Å²) in [4.78, 5) is 16.5. The molecule has 0 spiro atoms. The summed E-state index contributed by atoms with van der Waals surface area (Å²) in [5, 5.41) is 12.6. The second kappa shape index (κ2) is 11.1. The van der Waals surface area contributed by atoms with Gasteiger partial charge in [0.2, 0.25) is 0 Å². The first-order valence-electron chi connectivity index (χ1n) is 12.7. The van der Waals surface area contributed by atoms with Gasteiger partial charge in [-0.1, -0.05) is 11.6 Å². The summed E-state index contributed by atoms with van der Waals surface area (Å²) in [6, 6.07) is 8.53. The maximum atomic E-state index is 13.9. The van der Waals surface area contributed by atoms with Crippen LogP contribution in [0.1, 0.15) is 41.6 Å². The lowest BCUT2D eigenvalue weighted by Gasteiger charge is -2.40. The average Bonchev–Trinajstić information content (AvgIpc) is 3.21. The summed E-state index contributed by atoms with van der Waals surface area (Å²) in [5.41, 5.74) is -0.712. The van der Waals surface area contributed by atoms with Crippen LogP contribution < -0.4 is 5.32 Å². The van der Waals surface area contributed by atoms with Gasteiger partial charge in [-0.3, -0.25) is 9.78 Å². The Balaban J connectivity index is 1.32. The molecule has 4 atom stereocenters. The Labute approximate surface area is 234 Å². The van der Waals surface area contributed by atoms with E-state index in [0.29, 0.717) is 31.6 Å². The number of nitrogens with zero attached hydrogens (tertiary/aromatic N) is 1. The fourth-order valence-corrected chi connectivity index (χ4v) is 8.78. The molecule has 2 aliphatic carbocycles. The number of hydrogen-bond acceptors (Lipinski definition) is 6. The molecule has 212 valence electrons. The van der Waals surface area contributed by atoms with E-state index in [2.05, 4.69) is 10.3 Å². The van der Waals surface area contributed by atoms with Crippen LogP contribution in [0.15, 0.2) is 59.8 Å². The molecular formula is C28H26ClF3N2O5S. The largest absolute Gasteiger partial charge is 0.387 e. The van der Waals surface area contributed by atoms with Crippen LogP contribution in [0.4, 0.5) is 18.9 Å². The lowest BCUT2D eigenvalue weighted by molar-refractivity contribution is -0.0866. The summed E-state index contributed by atoms with van der Waals surface area (Å²) < 4.78 is 73.9. The molecule has 12 heteroatoms. The number of carbonyl (C=O) groups is 1. The summed E-state index contributed by atoms with van der Waals surface area (Å²) >= 11 is 6.30. The van der Waals surface area contributed by atoms with Crippen LogP contribution in [0.3, 0.4) is 0 Å². The first-order chi connectivity index (χ1) is 19.0. The van der Waals surface area contributed by atoms with Gasteiger partial charge in [-0.05, 0) is 73.4 Å². The molecule has 2 fully saturated rings. The molecule has 2 aliphatic rings. The lowest BCUT2D eigenvalue weighted by atomic mass is 9.77. The van der Waals surface area contributed by atoms with Crippen molar-refractivity contribution in [2.45, 2.75) is 48.0 Å². The number of aromatic nitrogens is 1. The van der Waals surface area contributed by atoms with E-state index >= 15 is 0 Å². The van der Waals surface area contributed by atoms with E-state index in [1.54, 1.807) is 12.4 Å². The van der Waals surface area contributed by atoms with Crippen LogP contribution in [-0.4, -0.2) is 41.9 Å². The van der Waals surface area contributed by atoms with Crippen molar-refractivity contribution in [1.82, 2.24) is 4.98 Å². The average molecular weight is 595 g/mol. The topological polar surface area (TPSA) is 106 Å². The Morgan fingerprint density at radius 2 is 1.68 bits per heavy atom. The smallest absolute Gasteiger partial charge is 0.255 e. The first kappa shape index (κ1) is 28.5. The number of rotatable bonds is 8. The molecule has 2 bridgehead atoms. The number of ether oxygens (including phenoxy) is 1. The number of amides is 1. The first-order valence-corrected chi connectivity index (χ1v) is 14.6. The van der Waals surface area contributed by atoms with Gasteiger partial charge in [-0.2, -0.15) is 0 Å². The third kappa shape index (κ3) is 5.74. The molecule has 40 heavy (non-hydrogen) atoms. The molecule has 0 saturated heterocycles. The molecule has 3 unspecified atom stereocenters. The minimum Gasteiger partial charge on any atom is -0.387 e. The van der Waals surface area contributed by atoms with Crippen LogP contribution in [0.25, 0.3) is 0 Å². The van der Waals surface area contributed by atoms with E-state index in [1.165, 1.54) is 12.1 Å². The highest BCUT2D eigenvalue weighted by Gasteiger charge is 2.54. The summed E-state index contributed by atoms with van der Waals surface area (Å²) in [7, 11) is -4.03. The van der Waals surface area contributed by atoms with Crippen LogP contribution >= 0.6 is 11.6 Å². The fraction of sp³-hybridized carbons (Fsp3) is 0.357. The highest BCUT2D eigenvalue weighted by Crippen LogP contribution is 2.51. The molecule has 3 aromatic rings. The van der Waals surface area contributed by atoms with E-state index < -0.39 is 44.0 Å². The molecule has 7 nitrogen and oxygen atoms in total. The highest BCUT2D eigenvalue weighted by molar-refractivity contribution is 7.92. The third-order valence-corrected chi connectivity index (χ3v) is 10.5. The Kier molecular flexibility index (Phi) is 7.93. The summed E-state index contributed by atoms with van der Waals surface area (Å²) in [6.07, 6.45) is 5.00. The standard InChI is InChI=1S/C28H26ClF3N2O5S/c29-21-4-3-17(27(35)34-20-10-22(30)25(32)23(31)11-20)9-24(21)40(37,38)26-18-1-2-19(26)13-28(36,12-18)15-39-14-16-5-7-33-8-6-16/h3-11,18-19,26,36H,1-2,12-15H2,(H,34,35)/t18-,19?,26?,28?/m0/s1. The SMILES string of the molecule is O=C(Nc1cc(F)c(F)c(F)c1)c1ccc(Cl)c(S(=O)(=O)C2C3CC[C@H]2CC(O)(COCc2ccncc2)C3)c1. The van der Waals surface area contributed by atoms with Crippen molar-refractivity contribution in [3.8, 4) is 0 Å². The predicted octanol–water partition coefficient (Wildman–Crippen LogP) is 5.31. The van der Waals surface area contributed by atoms with Gasteiger partial charge >= 0.3 is 0 Å². The van der Waals surface area contributed by atoms with Gasteiger partial charge in [0.05, 0.1) is 34.0 Å². The number of carbonyl (C=O) groups excluding carboxylic acids is 1. The Morgan fingerprint density at radius 3 is 2.30 bits per heavy atom. The van der Waals surface area contributed by atoms with Gasteiger partial charge in [0.25, 0.3) is 5.91 Å². The van der Waals surface area contributed by atoms with Gasteiger partial charge in [0.15, 0.2) is 27.3 Å². The van der Waals surface area contributed by atoms with Crippen molar-refractivity contribution in [3.63, 3.8) is 0 Å². The van der Waals surface area contributed by atoms with Gasteiger partial charge in [0, 0.05) is 35.8 Å². The van der Waals surface area contributed by atoms with E-state index in [0.717, 1.165) is 11.6 Å². The van der Waals surface area contributed by atoms with E-state index in [-0.39, 0.29) is 52.5 Å². The molecule has 1 heterocycles. The number of halogens is 4. The number of benzene rings is 2. The van der Waals surface area contributed by atoms with E-state index in [9.17, 15) is 31.5 Å². The van der Waals surface area contributed by atoms with E-state index in [4.69, 9.17) is 16.3 Å². The van der Waals surface area contributed by atoms with Crippen LogP contribution in [0.2, 0.25) is 5.02 Å². The second-order valence-electron chi connectivity index (χ2n) is 10.4. The van der Waals surface area contributed by atoms with E-state index in [1.807, 2.05) is 12.1 Å². The van der Waals surface area contributed by atoms with Crippen LogP contribution in [0, 0.1) is 29.3 Å². The molecule has 1 aromatic heterocycles. The Bertz CT molecular complexity index is 1500.